The van der Waals surface area contributed by atoms with E-state index in [0.717, 1.165) is 16.6 Å². The van der Waals surface area contributed by atoms with Gasteiger partial charge in [0.2, 0.25) is 5.91 Å². The summed E-state index contributed by atoms with van der Waals surface area (Å²) in [5.41, 5.74) is 3.22. The zero-order chi connectivity index (χ0) is 17.6. The highest BCUT2D eigenvalue weighted by Crippen LogP contribution is 2.43. The first-order chi connectivity index (χ1) is 12.1. The number of fused-ring (bicyclic) bond motifs is 3. The number of nitrogens with zero attached hydrogens (tertiary/aromatic N) is 1. The van der Waals surface area contributed by atoms with Crippen LogP contribution in [0.4, 0.5) is 0 Å². The second kappa shape index (κ2) is 6.28. The smallest absolute Gasteiger partial charge is 0.227 e. The van der Waals surface area contributed by atoms with Gasteiger partial charge in [-0.25, -0.2) is 4.98 Å². The molecule has 2 N–H and O–H groups in total. The number of hydrogen-bond acceptors (Lipinski definition) is 4. The predicted molar refractivity (Wildman–Crippen MR) is 94.3 cm³/mol. The standard InChI is InChI=1S/C17H15Cl2N3O3/c1-8-13-11(2-3-20-17(8)23)22-16-14(13)12(4-10(18)15(16)19)25-6-9-5-24-7-21-9/h4-5,7-8,22H,2-3,6H2,1H3,(H,20,23)/t8-/m1/s1. The molecule has 3 aromatic rings. The quantitative estimate of drug-likeness (QED) is 0.724. The summed E-state index contributed by atoms with van der Waals surface area (Å²) in [6.45, 7) is 2.67. The SMILES string of the molecule is C[C@H]1C(=O)NCCc2[nH]c3c(Cl)c(Cl)cc(OCc4cocn4)c3c21. The molecule has 0 radical (unpaired) electrons. The molecular weight excluding hydrogens is 365 g/mol. The highest BCUT2D eigenvalue weighted by Gasteiger charge is 2.29. The van der Waals surface area contributed by atoms with Crippen LogP contribution in [0.15, 0.2) is 23.1 Å². The van der Waals surface area contributed by atoms with E-state index in [9.17, 15) is 4.79 Å². The summed E-state index contributed by atoms with van der Waals surface area (Å²) >= 11 is 12.7. The van der Waals surface area contributed by atoms with Crippen molar-refractivity contribution in [3.8, 4) is 5.75 Å². The molecule has 25 heavy (non-hydrogen) atoms. The molecule has 1 amide bonds. The number of carbonyl (C=O) groups excluding carboxylic acids is 1. The summed E-state index contributed by atoms with van der Waals surface area (Å²) in [7, 11) is 0. The van der Waals surface area contributed by atoms with Crippen molar-refractivity contribution in [2.24, 2.45) is 0 Å². The van der Waals surface area contributed by atoms with E-state index >= 15 is 0 Å². The number of rotatable bonds is 3. The van der Waals surface area contributed by atoms with Gasteiger partial charge in [-0.3, -0.25) is 4.79 Å². The summed E-state index contributed by atoms with van der Waals surface area (Å²) in [4.78, 5) is 19.7. The Kier molecular flexibility index (Phi) is 4.09. The largest absolute Gasteiger partial charge is 0.486 e. The number of aromatic amines is 1. The van der Waals surface area contributed by atoms with Crippen molar-refractivity contribution in [2.75, 3.05) is 6.54 Å². The maximum absolute atomic E-state index is 12.3. The summed E-state index contributed by atoms with van der Waals surface area (Å²) < 4.78 is 10.9. The number of carbonyl (C=O) groups is 1. The van der Waals surface area contributed by atoms with Gasteiger partial charge < -0.3 is 19.5 Å². The maximum Gasteiger partial charge on any atom is 0.227 e. The molecule has 4 rings (SSSR count). The van der Waals surface area contributed by atoms with E-state index in [-0.39, 0.29) is 18.4 Å². The summed E-state index contributed by atoms with van der Waals surface area (Å²) in [5.74, 6) is 0.220. The van der Waals surface area contributed by atoms with Crippen molar-refractivity contribution >= 4 is 40.0 Å². The fraction of sp³-hybridized carbons (Fsp3) is 0.294. The fourth-order valence-electron chi connectivity index (χ4n) is 3.20. The first kappa shape index (κ1) is 16.3. The highest BCUT2D eigenvalue weighted by molar-refractivity contribution is 6.45. The third kappa shape index (κ3) is 2.75. The molecule has 1 aromatic carbocycles. The Labute approximate surface area is 153 Å². The molecule has 0 unspecified atom stereocenters. The number of benzene rings is 1. The van der Waals surface area contributed by atoms with Crippen molar-refractivity contribution in [1.29, 1.82) is 0 Å². The number of aromatic nitrogens is 2. The molecule has 1 aliphatic heterocycles. The molecule has 3 heterocycles. The Morgan fingerprint density at radius 2 is 2.28 bits per heavy atom. The van der Waals surface area contributed by atoms with E-state index in [4.69, 9.17) is 32.4 Å². The van der Waals surface area contributed by atoms with Gasteiger partial charge in [0.1, 0.15) is 24.3 Å². The van der Waals surface area contributed by atoms with E-state index in [1.54, 1.807) is 6.07 Å². The third-order valence-electron chi connectivity index (χ3n) is 4.41. The van der Waals surface area contributed by atoms with Gasteiger partial charge in [0.05, 0.1) is 21.5 Å². The van der Waals surface area contributed by atoms with E-state index in [1.165, 1.54) is 12.7 Å². The van der Waals surface area contributed by atoms with Crippen LogP contribution in [-0.4, -0.2) is 22.4 Å². The zero-order valence-corrected chi connectivity index (χ0v) is 14.9. The summed E-state index contributed by atoms with van der Waals surface area (Å²) in [5, 5.41) is 4.51. The average Bonchev–Trinajstić information content (AvgIpc) is 3.21. The number of oxazole rings is 1. The Morgan fingerprint density at radius 1 is 1.44 bits per heavy atom. The topological polar surface area (TPSA) is 80.2 Å². The molecule has 0 saturated heterocycles. The van der Waals surface area contributed by atoms with E-state index in [0.29, 0.717) is 40.0 Å². The second-order valence-electron chi connectivity index (χ2n) is 5.97. The normalized spacial score (nSPS) is 17.2. The van der Waals surface area contributed by atoms with Gasteiger partial charge >= 0.3 is 0 Å². The lowest BCUT2D eigenvalue weighted by Crippen LogP contribution is -2.26. The number of halogens is 2. The Hall–Kier alpha value is -2.18. The summed E-state index contributed by atoms with van der Waals surface area (Å²) in [6, 6.07) is 1.68. The van der Waals surface area contributed by atoms with Gasteiger partial charge in [-0.15, -0.1) is 0 Å². The lowest BCUT2D eigenvalue weighted by atomic mass is 9.96. The van der Waals surface area contributed by atoms with Gasteiger partial charge in [0.25, 0.3) is 0 Å². The Morgan fingerprint density at radius 3 is 3.04 bits per heavy atom. The Balaban J connectivity index is 1.88. The van der Waals surface area contributed by atoms with Gasteiger partial charge in [-0.2, -0.15) is 0 Å². The molecule has 0 fully saturated rings. The number of amides is 1. The van der Waals surface area contributed by atoms with Crippen molar-refractivity contribution in [1.82, 2.24) is 15.3 Å². The van der Waals surface area contributed by atoms with Crippen LogP contribution in [0.3, 0.4) is 0 Å². The monoisotopic (exact) mass is 379 g/mol. The van der Waals surface area contributed by atoms with Crippen molar-refractivity contribution < 1.29 is 13.9 Å². The number of ether oxygens (including phenoxy) is 1. The first-order valence-corrected chi connectivity index (χ1v) is 8.62. The lowest BCUT2D eigenvalue weighted by Gasteiger charge is -2.13. The fourth-order valence-corrected chi connectivity index (χ4v) is 3.59. The van der Waals surface area contributed by atoms with E-state index < -0.39 is 0 Å². The molecule has 0 bridgehead atoms. The van der Waals surface area contributed by atoms with Crippen LogP contribution in [0.2, 0.25) is 10.0 Å². The molecule has 1 atom stereocenters. The number of nitrogens with one attached hydrogen (secondary N) is 2. The molecule has 6 nitrogen and oxygen atoms in total. The van der Waals surface area contributed by atoms with Gasteiger partial charge in [-0.1, -0.05) is 23.2 Å². The second-order valence-corrected chi connectivity index (χ2v) is 6.75. The van der Waals surface area contributed by atoms with Gasteiger partial charge in [0.15, 0.2) is 6.39 Å². The average molecular weight is 380 g/mol. The highest BCUT2D eigenvalue weighted by atomic mass is 35.5. The lowest BCUT2D eigenvalue weighted by molar-refractivity contribution is -0.121. The van der Waals surface area contributed by atoms with Crippen molar-refractivity contribution in [2.45, 2.75) is 25.9 Å². The molecular formula is C17H15Cl2N3O3. The van der Waals surface area contributed by atoms with Gasteiger partial charge in [-0.05, 0) is 12.5 Å². The van der Waals surface area contributed by atoms with E-state index in [1.807, 2.05) is 6.92 Å². The van der Waals surface area contributed by atoms with Crippen LogP contribution in [0.25, 0.3) is 10.9 Å². The molecule has 2 aromatic heterocycles. The van der Waals surface area contributed by atoms with E-state index in [2.05, 4.69) is 15.3 Å². The first-order valence-electron chi connectivity index (χ1n) is 7.86. The molecule has 1 aliphatic rings. The number of H-pyrrole nitrogens is 1. The van der Waals surface area contributed by atoms with Crippen molar-refractivity contribution in [3.63, 3.8) is 0 Å². The number of hydrogen-bond donors (Lipinski definition) is 2. The molecule has 0 aliphatic carbocycles. The summed E-state index contributed by atoms with van der Waals surface area (Å²) in [6.07, 6.45) is 3.55. The maximum atomic E-state index is 12.3. The predicted octanol–water partition coefficient (Wildman–Crippen LogP) is 3.82. The third-order valence-corrected chi connectivity index (χ3v) is 5.20. The van der Waals surface area contributed by atoms with Crippen LogP contribution in [0, 0.1) is 0 Å². The van der Waals surface area contributed by atoms with Crippen LogP contribution >= 0.6 is 23.2 Å². The zero-order valence-electron chi connectivity index (χ0n) is 13.4. The van der Waals surface area contributed by atoms with Crippen molar-refractivity contribution in [3.05, 3.63) is 45.7 Å². The molecule has 0 saturated carbocycles. The minimum absolute atomic E-state index is 0.0202. The van der Waals surface area contributed by atoms with Crippen LogP contribution in [0.1, 0.15) is 29.8 Å². The Bertz CT molecular complexity index is 950. The molecule has 8 heteroatoms. The minimum Gasteiger partial charge on any atom is -0.486 e. The molecule has 0 spiro atoms. The van der Waals surface area contributed by atoms with Crippen LogP contribution in [-0.2, 0) is 17.8 Å². The van der Waals surface area contributed by atoms with Crippen LogP contribution in [0.5, 0.6) is 5.75 Å². The van der Waals surface area contributed by atoms with Crippen LogP contribution < -0.4 is 10.1 Å². The van der Waals surface area contributed by atoms with Gasteiger partial charge in [0, 0.05) is 30.1 Å². The minimum atomic E-state index is -0.321. The molecule has 130 valence electrons.